The van der Waals surface area contributed by atoms with E-state index in [0.29, 0.717) is 5.69 Å². The fourth-order valence-electron chi connectivity index (χ4n) is 2.04. The minimum Gasteiger partial charge on any atom is -0.378 e. The number of anilines is 3. The highest BCUT2D eigenvalue weighted by Gasteiger charge is 2.11. The van der Waals surface area contributed by atoms with Gasteiger partial charge in [0.1, 0.15) is 11.6 Å². The molecule has 0 aromatic heterocycles. The van der Waals surface area contributed by atoms with Gasteiger partial charge in [0.2, 0.25) is 0 Å². The molecule has 0 unspecified atom stereocenters. The lowest BCUT2D eigenvalue weighted by Gasteiger charge is -2.13. The topological polar surface area (TPSA) is 111 Å². The maximum Gasteiger partial charge on any atom is 0.269 e. The van der Waals surface area contributed by atoms with Crippen molar-refractivity contribution in [2.45, 2.75) is 0 Å². The average Bonchev–Trinajstić information content (AvgIpc) is 2.63. The lowest BCUT2D eigenvalue weighted by molar-refractivity contribution is -0.384. The van der Waals surface area contributed by atoms with Crippen LogP contribution in [0.3, 0.4) is 0 Å². The number of nitrogens with zero attached hydrogens (tertiary/aromatic N) is 3. The summed E-state index contributed by atoms with van der Waals surface area (Å²) in [6.07, 6.45) is 1.31. The fourth-order valence-corrected chi connectivity index (χ4v) is 2.04. The summed E-state index contributed by atoms with van der Waals surface area (Å²) in [5, 5.41) is 25.3. The van der Waals surface area contributed by atoms with E-state index in [9.17, 15) is 20.2 Å². The number of nitrogens with one attached hydrogen (secondary N) is 2. The molecule has 2 rings (SSSR count). The number of carbonyl (C=O) groups is 1. The van der Waals surface area contributed by atoms with Crippen LogP contribution in [0.1, 0.15) is 0 Å². The Balaban J connectivity index is 2.08. The maximum atomic E-state index is 12.2. The van der Waals surface area contributed by atoms with Crippen LogP contribution in [0.15, 0.2) is 60.3 Å². The van der Waals surface area contributed by atoms with Crippen LogP contribution in [0, 0.1) is 21.4 Å². The van der Waals surface area contributed by atoms with E-state index in [0.717, 1.165) is 11.4 Å². The van der Waals surface area contributed by atoms with Gasteiger partial charge in [-0.05, 0) is 30.3 Å². The molecular weight excluding hydrogens is 334 g/mol. The second-order valence-electron chi connectivity index (χ2n) is 5.52. The summed E-state index contributed by atoms with van der Waals surface area (Å²) < 4.78 is 0. The Kier molecular flexibility index (Phi) is 5.90. The van der Waals surface area contributed by atoms with Gasteiger partial charge in [-0.3, -0.25) is 14.9 Å². The molecule has 0 atom stereocenters. The van der Waals surface area contributed by atoms with E-state index in [1.165, 1.54) is 30.5 Å². The van der Waals surface area contributed by atoms with Crippen molar-refractivity contribution in [1.82, 2.24) is 0 Å². The Labute approximate surface area is 150 Å². The Morgan fingerprint density at radius 2 is 1.88 bits per heavy atom. The molecule has 2 N–H and O–H groups in total. The summed E-state index contributed by atoms with van der Waals surface area (Å²) in [5.41, 5.74) is 1.85. The molecule has 0 saturated heterocycles. The number of hydrogen-bond donors (Lipinski definition) is 2. The molecule has 0 aliphatic heterocycles. The van der Waals surface area contributed by atoms with Crippen LogP contribution >= 0.6 is 0 Å². The van der Waals surface area contributed by atoms with Crippen LogP contribution in [0.5, 0.6) is 0 Å². The van der Waals surface area contributed by atoms with Gasteiger partial charge < -0.3 is 15.5 Å². The second-order valence-corrected chi connectivity index (χ2v) is 5.52. The zero-order valence-electron chi connectivity index (χ0n) is 14.3. The van der Waals surface area contributed by atoms with Crippen LogP contribution in [-0.4, -0.2) is 24.9 Å². The van der Waals surface area contributed by atoms with Crippen LogP contribution < -0.4 is 15.5 Å². The molecule has 2 aromatic rings. The molecular formula is C18H17N5O3. The maximum absolute atomic E-state index is 12.2. The highest BCUT2D eigenvalue weighted by Crippen LogP contribution is 2.18. The zero-order valence-corrected chi connectivity index (χ0v) is 14.3. The minimum atomic E-state index is -0.613. The third-order valence-electron chi connectivity index (χ3n) is 3.45. The van der Waals surface area contributed by atoms with Gasteiger partial charge in [0, 0.05) is 49.5 Å². The summed E-state index contributed by atoms with van der Waals surface area (Å²) in [4.78, 5) is 24.2. The fraction of sp³-hybridized carbons (Fsp3) is 0.111. The Morgan fingerprint density at radius 3 is 2.46 bits per heavy atom. The second kappa shape index (κ2) is 8.30. The molecule has 2 aromatic carbocycles. The lowest BCUT2D eigenvalue weighted by atomic mass is 10.2. The number of hydrogen-bond acceptors (Lipinski definition) is 6. The molecule has 0 aliphatic carbocycles. The van der Waals surface area contributed by atoms with Gasteiger partial charge in [0.05, 0.1) is 4.92 Å². The quantitative estimate of drug-likeness (QED) is 0.358. The molecule has 1 amide bonds. The normalized spacial score (nSPS) is 10.6. The highest BCUT2D eigenvalue weighted by molar-refractivity contribution is 6.06. The zero-order chi connectivity index (χ0) is 19.1. The molecule has 26 heavy (non-hydrogen) atoms. The molecule has 132 valence electrons. The van der Waals surface area contributed by atoms with Crippen molar-refractivity contribution >= 4 is 28.7 Å². The molecule has 8 heteroatoms. The van der Waals surface area contributed by atoms with Crippen molar-refractivity contribution in [3.05, 3.63) is 70.4 Å². The largest absolute Gasteiger partial charge is 0.378 e. The molecule has 0 aliphatic rings. The third-order valence-corrected chi connectivity index (χ3v) is 3.45. The molecule has 8 nitrogen and oxygen atoms in total. The predicted octanol–water partition coefficient (Wildman–Crippen LogP) is 3.12. The lowest BCUT2D eigenvalue weighted by Crippen LogP contribution is -2.14. The van der Waals surface area contributed by atoms with E-state index in [1.54, 1.807) is 0 Å². The summed E-state index contributed by atoms with van der Waals surface area (Å²) in [5.74, 6) is -0.613. The molecule has 0 spiro atoms. The first kappa shape index (κ1) is 18.5. The Morgan fingerprint density at radius 1 is 1.19 bits per heavy atom. The monoisotopic (exact) mass is 351 g/mol. The van der Waals surface area contributed by atoms with Crippen molar-refractivity contribution in [3.8, 4) is 6.07 Å². The minimum absolute atomic E-state index is 0.0820. The van der Waals surface area contributed by atoms with Gasteiger partial charge in [-0.25, -0.2) is 0 Å². The van der Waals surface area contributed by atoms with Crippen molar-refractivity contribution in [2.24, 2.45) is 0 Å². The number of benzene rings is 2. The molecule has 0 radical (unpaired) electrons. The third kappa shape index (κ3) is 4.82. The van der Waals surface area contributed by atoms with Crippen LogP contribution in [-0.2, 0) is 4.79 Å². The molecule has 0 bridgehead atoms. The van der Waals surface area contributed by atoms with Gasteiger partial charge in [-0.2, -0.15) is 5.26 Å². The first-order valence-corrected chi connectivity index (χ1v) is 7.60. The first-order valence-electron chi connectivity index (χ1n) is 7.60. The molecule has 0 heterocycles. The van der Waals surface area contributed by atoms with Crippen LogP contribution in [0.25, 0.3) is 0 Å². The number of amides is 1. The van der Waals surface area contributed by atoms with E-state index < -0.39 is 10.8 Å². The van der Waals surface area contributed by atoms with E-state index in [2.05, 4.69) is 10.6 Å². The van der Waals surface area contributed by atoms with E-state index >= 15 is 0 Å². The summed E-state index contributed by atoms with van der Waals surface area (Å²) in [6.45, 7) is 0. The number of nitriles is 1. The van der Waals surface area contributed by atoms with Gasteiger partial charge in [-0.15, -0.1) is 0 Å². The van der Waals surface area contributed by atoms with Crippen molar-refractivity contribution in [3.63, 3.8) is 0 Å². The average molecular weight is 351 g/mol. The van der Waals surface area contributed by atoms with Crippen LogP contribution in [0.2, 0.25) is 0 Å². The van der Waals surface area contributed by atoms with Gasteiger partial charge >= 0.3 is 0 Å². The number of nitro benzene ring substituents is 1. The summed E-state index contributed by atoms with van der Waals surface area (Å²) >= 11 is 0. The SMILES string of the molecule is CN(C)c1cccc(N/C=C(/C#N)C(=O)Nc2ccc([N+](=O)[O-])cc2)c1. The highest BCUT2D eigenvalue weighted by atomic mass is 16.6. The van der Waals surface area contributed by atoms with Gasteiger partial charge in [0.25, 0.3) is 11.6 Å². The molecule has 0 saturated carbocycles. The van der Waals surface area contributed by atoms with Gasteiger partial charge in [0.15, 0.2) is 0 Å². The number of nitro groups is 1. The summed E-state index contributed by atoms with van der Waals surface area (Å²) in [6, 6.07) is 14.7. The summed E-state index contributed by atoms with van der Waals surface area (Å²) in [7, 11) is 3.82. The van der Waals surface area contributed by atoms with E-state index in [4.69, 9.17) is 0 Å². The van der Waals surface area contributed by atoms with Crippen molar-refractivity contribution in [1.29, 1.82) is 5.26 Å². The number of rotatable bonds is 6. The van der Waals surface area contributed by atoms with Crippen molar-refractivity contribution < 1.29 is 9.72 Å². The Hall–Kier alpha value is -3.86. The Bertz CT molecular complexity index is 882. The first-order chi connectivity index (χ1) is 12.4. The van der Waals surface area contributed by atoms with Gasteiger partial charge in [-0.1, -0.05) is 6.07 Å². The standard InChI is InChI=1S/C18H17N5O3/c1-22(2)17-5-3-4-15(10-17)20-12-13(11-19)18(24)21-14-6-8-16(9-7-14)23(25)26/h3-10,12,20H,1-2H3,(H,21,24)/b13-12-. The predicted molar refractivity (Wildman–Crippen MR) is 99.8 cm³/mol. The molecule has 0 fully saturated rings. The number of carbonyl (C=O) groups excluding carboxylic acids is 1. The number of non-ortho nitro benzene ring substituents is 1. The van der Waals surface area contributed by atoms with E-state index in [1.807, 2.05) is 49.3 Å². The van der Waals surface area contributed by atoms with E-state index in [-0.39, 0.29) is 11.3 Å². The van der Waals surface area contributed by atoms with Crippen LogP contribution in [0.4, 0.5) is 22.7 Å². The van der Waals surface area contributed by atoms with Crippen molar-refractivity contribution in [2.75, 3.05) is 29.6 Å². The smallest absolute Gasteiger partial charge is 0.269 e.